The summed E-state index contributed by atoms with van der Waals surface area (Å²) in [5, 5.41) is 5.49. The molecule has 1 aliphatic rings. The summed E-state index contributed by atoms with van der Waals surface area (Å²) < 4.78 is 5.34. The maximum atomic E-state index is 12.1. The normalized spacial score (nSPS) is 17.1. The van der Waals surface area contributed by atoms with Gasteiger partial charge < -0.3 is 15.4 Å². The lowest BCUT2D eigenvalue weighted by molar-refractivity contribution is -0.140. The molecule has 0 unspecified atom stereocenters. The van der Waals surface area contributed by atoms with Gasteiger partial charge in [-0.2, -0.15) is 0 Å². The molecule has 0 saturated carbocycles. The second-order valence-corrected chi connectivity index (χ2v) is 8.64. The molecule has 1 aromatic rings. The molecule has 5 nitrogen and oxygen atoms in total. The van der Waals surface area contributed by atoms with Gasteiger partial charge in [-0.25, -0.2) is 0 Å². The van der Waals surface area contributed by atoms with Gasteiger partial charge in [-0.15, -0.1) is 11.8 Å². The largest absolute Gasteiger partial charge is 0.381 e. The van der Waals surface area contributed by atoms with E-state index >= 15 is 0 Å². The van der Waals surface area contributed by atoms with Crippen molar-refractivity contribution in [1.29, 1.82) is 0 Å². The van der Waals surface area contributed by atoms with E-state index in [2.05, 4.69) is 22.8 Å². The predicted octanol–water partition coefficient (Wildman–Crippen LogP) is 2.36. The summed E-state index contributed by atoms with van der Waals surface area (Å²) >= 11 is 1.75. The maximum absolute atomic E-state index is 12.1. The minimum absolute atomic E-state index is 0.142. The molecular formula is C18H26N2O3S. The number of ether oxygens (including phenoxy) is 1. The lowest BCUT2D eigenvalue weighted by atomic mass is 9.99. The Morgan fingerprint density at radius 2 is 1.75 bits per heavy atom. The highest BCUT2D eigenvalue weighted by Gasteiger charge is 2.35. The van der Waals surface area contributed by atoms with Crippen LogP contribution in [0.2, 0.25) is 0 Å². The number of thioether (sulfide) groups is 1. The molecular weight excluding hydrogens is 324 g/mol. The van der Waals surface area contributed by atoms with Crippen LogP contribution in [0.15, 0.2) is 35.2 Å². The molecule has 1 heterocycles. The molecule has 24 heavy (non-hydrogen) atoms. The van der Waals surface area contributed by atoms with E-state index in [1.54, 1.807) is 11.8 Å². The van der Waals surface area contributed by atoms with Crippen molar-refractivity contribution in [3.63, 3.8) is 0 Å². The third-order valence-electron chi connectivity index (χ3n) is 3.75. The zero-order valence-corrected chi connectivity index (χ0v) is 15.4. The topological polar surface area (TPSA) is 67.4 Å². The Morgan fingerprint density at radius 3 is 2.33 bits per heavy atom. The van der Waals surface area contributed by atoms with Crippen molar-refractivity contribution < 1.29 is 14.3 Å². The maximum Gasteiger partial charge on any atom is 0.309 e. The van der Waals surface area contributed by atoms with Gasteiger partial charge in [0, 0.05) is 34.9 Å². The zero-order valence-electron chi connectivity index (χ0n) is 14.6. The monoisotopic (exact) mass is 350 g/mol. The van der Waals surface area contributed by atoms with Gasteiger partial charge in [0.15, 0.2) is 0 Å². The lowest BCUT2D eigenvalue weighted by Crippen LogP contribution is -2.51. The summed E-state index contributed by atoms with van der Waals surface area (Å²) in [5.74, 6) is -1.17. The first kappa shape index (κ1) is 18.8. The Kier molecular flexibility index (Phi) is 6.29. The molecule has 0 radical (unpaired) electrons. The van der Waals surface area contributed by atoms with Crippen LogP contribution in [0.25, 0.3) is 0 Å². The smallest absolute Gasteiger partial charge is 0.309 e. The van der Waals surface area contributed by atoms with Crippen molar-refractivity contribution in [3.05, 3.63) is 30.3 Å². The molecule has 2 N–H and O–H groups in total. The van der Waals surface area contributed by atoms with Crippen LogP contribution in [0.3, 0.4) is 0 Å². The van der Waals surface area contributed by atoms with Gasteiger partial charge in [0.25, 0.3) is 0 Å². The van der Waals surface area contributed by atoms with Gasteiger partial charge in [0.05, 0.1) is 0 Å². The van der Waals surface area contributed by atoms with Crippen molar-refractivity contribution in [1.82, 2.24) is 10.6 Å². The number of carbonyl (C=O) groups is 2. The number of hydrogen-bond acceptors (Lipinski definition) is 4. The van der Waals surface area contributed by atoms with E-state index in [0.29, 0.717) is 19.8 Å². The minimum Gasteiger partial charge on any atom is -0.381 e. The number of nitrogens with one attached hydrogen (secondary N) is 2. The molecule has 0 aromatic heterocycles. The molecule has 2 amide bonds. The van der Waals surface area contributed by atoms with Crippen molar-refractivity contribution in [2.24, 2.45) is 0 Å². The van der Waals surface area contributed by atoms with Crippen LogP contribution in [0, 0.1) is 0 Å². The Bertz CT molecular complexity index is 563. The highest BCUT2D eigenvalue weighted by Crippen LogP contribution is 2.39. The van der Waals surface area contributed by atoms with Crippen molar-refractivity contribution in [2.75, 3.05) is 19.8 Å². The molecule has 2 rings (SSSR count). The van der Waals surface area contributed by atoms with Gasteiger partial charge in [0.2, 0.25) is 0 Å². The molecule has 6 heteroatoms. The third kappa shape index (κ3) is 5.83. The fourth-order valence-electron chi connectivity index (χ4n) is 2.52. The number of carbonyl (C=O) groups excluding carboxylic acids is 2. The van der Waals surface area contributed by atoms with E-state index in [4.69, 9.17) is 4.74 Å². The van der Waals surface area contributed by atoms with Crippen molar-refractivity contribution >= 4 is 23.6 Å². The average Bonchev–Trinajstić information content (AvgIpc) is 2.53. The lowest BCUT2D eigenvalue weighted by Gasteiger charge is -2.36. The van der Waals surface area contributed by atoms with Crippen LogP contribution in [-0.2, 0) is 14.3 Å². The Morgan fingerprint density at radius 1 is 1.12 bits per heavy atom. The van der Waals surface area contributed by atoms with Crippen molar-refractivity contribution in [2.45, 2.75) is 48.8 Å². The number of benzene rings is 1. The molecule has 0 bridgehead atoms. The fourth-order valence-corrected chi connectivity index (χ4v) is 3.82. The van der Waals surface area contributed by atoms with E-state index in [0.717, 1.165) is 17.7 Å². The van der Waals surface area contributed by atoms with Gasteiger partial charge in [-0.05, 0) is 45.7 Å². The third-order valence-corrected chi connectivity index (χ3v) is 5.24. The molecule has 1 saturated heterocycles. The van der Waals surface area contributed by atoms with Gasteiger partial charge in [-0.3, -0.25) is 9.59 Å². The van der Waals surface area contributed by atoms with Gasteiger partial charge >= 0.3 is 11.8 Å². The van der Waals surface area contributed by atoms with Gasteiger partial charge in [0.1, 0.15) is 0 Å². The first-order valence-corrected chi connectivity index (χ1v) is 9.04. The molecule has 0 aliphatic carbocycles. The second-order valence-electron chi connectivity index (χ2n) is 7.10. The molecule has 1 aliphatic heterocycles. The van der Waals surface area contributed by atoms with Crippen LogP contribution in [0.1, 0.15) is 33.6 Å². The summed E-state index contributed by atoms with van der Waals surface area (Å²) in [7, 11) is 0. The van der Waals surface area contributed by atoms with E-state index in [-0.39, 0.29) is 4.75 Å². The van der Waals surface area contributed by atoms with E-state index in [9.17, 15) is 9.59 Å². The molecule has 0 atom stereocenters. The average molecular weight is 350 g/mol. The Balaban J connectivity index is 1.99. The van der Waals surface area contributed by atoms with Crippen LogP contribution >= 0.6 is 11.8 Å². The Hall–Kier alpha value is -1.53. The molecule has 132 valence electrons. The molecule has 0 spiro atoms. The Labute approximate surface area is 147 Å². The summed E-state index contributed by atoms with van der Waals surface area (Å²) in [6.45, 7) is 7.34. The zero-order chi connectivity index (χ0) is 17.6. The summed E-state index contributed by atoms with van der Waals surface area (Å²) in [6, 6.07) is 10.1. The standard InChI is InChI=1S/C18H26N2O3S/c1-17(2,3)20-16(22)15(21)19-13-18(9-11-23-12-10-18)24-14-7-5-4-6-8-14/h4-8H,9-13H2,1-3H3,(H,19,21)(H,20,22). The molecule has 1 aromatic carbocycles. The van der Waals surface area contributed by atoms with Gasteiger partial charge in [-0.1, -0.05) is 18.2 Å². The van der Waals surface area contributed by atoms with Crippen LogP contribution in [0.5, 0.6) is 0 Å². The first-order valence-electron chi connectivity index (χ1n) is 8.22. The fraction of sp³-hybridized carbons (Fsp3) is 0.556. The quantitative estimate of drug-likeness (QED) is 0.818. The first-order chi connectivity index (χ1) is 11.3. The second kappa shape index (κ2) is 8.03. The highest BCUT2D eigenvalue weighted by atomic mass is 32.2. The van der Waals surface area contributed by atoms with Crippen LogP contribution in [0.4, 0.5) is 0 Å². The van der Waals surface area contributed by atoms with E-state index in [1.807, 2.05) is 39.0 Å². The number of amides is 2. The van der Waals surface area contributed by atoms with Crippen molar-refractivity contribution in [3.8, 4) is 0 Å². The predicted molar refractivity (Wildman–Crippen MR) is 96.0 cm³/mol. The van der Waals surface area contributed by atoms with E-state index < -0.39 is 17.4 Å². The summed E-state index contributed by atoms with van der Waals surface area (Å²) in [5.41, 5.74) is -0.427. The number of rotatable bonds is 4. The highest BCUT2D eigenvalue weighted by molar-refractivity contribution is 8.00. The minimum atomic E-state index is -0.588. The number of hydrogen-bond donors (Lipinski definition) is 2. The SMILES string of the molecule is CC(C)(C)NC(=O)C(=O)NCC1(Sc2ccccc2)CCOCC1. The summed E-state index contributed by atoms with van der Waals surface area (Å²) in [4.78, 5) is 25.2. The van der Waals surface area contributed by atoms with Crippen LogP contribution < -0.4 is 10.6 Å². The summed E-state index contributed by atoms with van der Waals surface area (Å²) in [6.07, 6.45) is 1.68. The molecule has 1 fully saturated rings. The van der Waals surface area contributed by atoms with Crippen LogP contribution in [-0.4, -0.2) is 41.9 Å². The van der Waals surface area contributed by atoms with E-state index in [1.165, 1.54) is 0 Å².